The van der Waals surface area contributed by atoms with Crippen molar-refractivity contribution in [2.75, 3.05) is 18.4 Å². The molecule has 0 radical (unpaired) electrons. The van der Waals surface area contributed by atoms with Crippen molar-refractivity contribution in [2.24, 2.45) is 11.8 Å². The molecule has 2 amide bonds. The molecule has 0 bridgehead atoms. The zero-order chi connectivity index (χ0) is 15.6. The van der Waals surface area contributed by atoms with E-state index in [4.69, 9.17) is 5.11 Å². The fraction of sp³-hybridized carbons (Fsp3) is 0.467. The molecule has 1 aromatic rings. The van der Waals surface area contributed by atoms with Crippen LogP contribution in [-0.4, -0.2) is 35.1 Å². The summed E-state index contributed by atoms with van der Waals surface area (Å²) in [6, 6.07) is 3.25. The second-order valence-corrected chi connectivity index (χ2v) is 5.67. The topological polar surface area (TPSA) is 69.6 Å². The first-order valence-electron chi connectivity index (χ1n) is 6.97. The smallest absolute Gasteiger partial charge is 0.338 e. The molecule has 1 aliphatic rings. The van der Waals surface area contributed by atoms with Crippen LogP contribution in [0.2, 0.25) is 0 Å². The van der Waals surface area contributed by atoms with Crippen LogP contribution in [0.25, 0.3) is 0 Å². The highest BCUT2D eigenvalue weighted by Crippen LogP contribution is 2.24. The highest BCUT2D eigenvalue weighted by molar-refractivity contribution is 5.93. The third kappa shape index (κ3) is 3.51. The van der Waals surface area contributed by atoms with E-state index in [1.54, 1.807) is 4.90 Å². The van der Waals surface area contributed by atoms with Gasteiger partial charge in [0.15, 0.2) is 0 Å². The number of benzene rings is 1. The average molecular weight is 294 g/mol. The van der Waals surface area contributed by atoms with Crippen LogP contribution in [0.5, 0.6) is 0 Å². The van der Waals surface area contributed by atoms with Crippen LogP contribution in [0.4, 0.5) is 14.9 Å². The Morgan fingerprint density at radius 1 is 1.43 bits per heavy atom. The molecule has 1 saturated heterocycles. The molecule has 2 N–H and O–H groups in total. The minimum Gasteiger partial charge on any atom is -0.478 e. The van der Waals surface area contributed by atoms with Crippen LogP contribution < -0.4 is 5.32 Å². The quantitative estimate of drug-likeness (QED) is 0.900. The number of urea groups is 1. The van der Waals surface area contributed by atoms with E-state index < -0.39 is 17.3 Å². The van der Waals surface area contributed by atoms with Crippen LogP contribution in [0.3, 0.4) is 0 Å². The van der Waals surface area contributed by atoms with Gasteiger partial charge in [0.25, 0.3) is 0 Å². The first-order valence-corrected chi connectivity index (χ1v) is 6.97. The van der Waals surface area contributed by atoms with E-state index in [-0.39, 0.29) is 11.7 Å². The third-order valence-corrected chi connectivity index (χ3v) is 3.90. The van der Waals surface area contributed by atoms with E-state index >= 15 is 0 Å². The lowest BCUT2D eigenvalue weighted by Gasteiger charge is -2.19. The lowest BCUT2D eigenvalue weighted by molar-refractivity contribution is 0.0692. The summed E-state index contributed by atoms with van der Waals surface area (Å²) in [5.74, 6) is -1.17. The standard InChI is InChI=1S/C15H19FN2O3/c1-9(2)10-5-6-18(8-10)15(21)17-11-3-4-13(16)12(7-11)14(19)20/h3-4,7,9-10H,5-6,8H2,1-2H3,(H,17,21)(H,19,20). The molecule has 1 fully saturated rings. The number of carbonyl (C=O) groups is 2. The minimum absolute atomic E-state index is 0.277. The second kappa shape index (κ2) is 6.11. The predicted octanol–water partition coefficient (Wildman–Crippen LogP) is 3.03. The van der Waals surface area contributed by atoms with Crippen molar-refractivity contribution >= 4 is 17.7 Å². The molecular formula is C15H19FN2O3. The Balaban J connectivity index is 2.04. The number of rotatable bonds is 3. The predicted molar refractivity (Wildman–Crippen MR) is 76.9 cm³/mol. The van der Waals surface area contributed by atoms with Crippen molar-refractivity contribution in [3.05, 3.63) is 29.6 Å². The van der Waals surface area contributed by atoms with Crippen molar-refractivity contribution in [3.63, 3.8) is 0 Å². The SMILES string of the molecule is CC(C)C1CCN(C(=O)Nc2ccc(F)c(C(=O)O)c2)C1. The van der Waals surface area contributed by atoms with Gasteiger partial charge in [-0.3, -0.25) is 0 Å². The molecule has 1 aliphatic heterocycles. The molecular weight excluding hydrogens is 275 g/mol. The molecule has 6 heteroatoms. The summed E-state index contributed by atoms with van der Waals surface area (Å²) in [6.07, 6.45) is 0.967. The van der Waals surface area contributed by atoms with Gasteiger partial charge >= 0.3 is 12.0 Å². The number of amides is 2. The van der Waals surface area contributed by atoms with Gasteiger partial charge in [-0.2, -0.15) is 0 Å². The highest BCUT2D eigenvalue weighted by Gasteiger charge is 2.28. The Kier molecular flexibility index (Phi) is 4.45. The fourth-order valence-electron chi connectivity index (χ4n) is 2.49. The summed E-state index contributed by atoms with van der Waals surface area (Å²) in [6.45, 7) is 5.63. The molecule has 1 heterocycles. The van der Waals surface area contributed by atoms with Crippen molar-refractivity contribution < 1.29 is 19.1 Å². The molecule has 0 saturated carbocycles. The van der Waals surface area contributed by atoms with E-state index in [1.807, 2.05) is 0 Å². The monoisotopic (exact) mass is 294 g/mol. The van der Waals surface area contributed by atoms with Gasteiger partial charge in [0, 0.05) is 18.8 Å². The molecule has 5 nitrogen and oxygen atoms in total. The van der Waals surface area contributed by atoms with Gasteiger partial charge in [0.1, 0.15) is 5.82 Å². The van der Waals surface area contributed by atoms with Gasteiger partial charge < -0.3 is 15.3 Å². The molecule has 1 unspecified atom stereocenters. The number of carbonyl (C=O) groups excluding carboxylic acids is 1. The Labute approximate surface area is 122 Å². The molecule has 1 aromatic carbocycles. The maximum absolute atomic E-state index is 13.3. The molecule has 0 aromatic heterocycles. The Bertz CT molecular complexity index is 560. The van der Waals surface area contributed by atoms with E-state index in [2.05, 4.69) is 19.2 Å². The summed E-state index contributed by atoms with van der Waals surface area (Å²) in [5, 5.41) is 11.5. The summed E-state index contributed by atoms with van der Waals surface area (Å²) in [7, 11) is 0. The highest BCUT2D eigenvalue weighted by atomic mass is 19.1. The number of likely N-dealkylation sites (tertiary alicyclic amines) is 1. The second-order valence-electron chi connectivity index (χ2n) is 5.67. The van der Waals surface area contributed by atoms with Gasteiger partial charge in [-0.25, -0.2) is 14.0 Å². The lowest BCUT2D eigenvalue weighted by Crippen LogP contribution is -2.33. The molecule has 114 valence electrons. The Hall–Kier alpha value is -2.11. The number of carboxylic acids is 1. The zero-order valence-electron chi connectivity index (χ0n) is 12.1. The van der Waals surface area contributed by atoms with E-state index in [1.165, 1.54) is 6.07 Å². The van der Waals surface area contributed by atoms with Gasteiger partial charge in [0.2, 0.25) is 0 Å². The Morgan fingerprint density at radius 3 is 2.71 bits per heavy atom. The molecule has 0 aliphatic carbocycles. The summed E-state index contributed by atoms with van der Waals surface area (Å²) in [5.41, 5.74) is -0.166. The van der Waals surface area contributed by atoms with Crippen LogP contribution in [0, 0.1) is 17.7 Å². The largest absolute Gasteiger partial charge is 0.478 e. The van der Waals surface area contributed by atoms with Gasteiger partial charge in [-0.15, -0.1) is 0 Å². The fourth-order valence-corrected chi connectivity index (χ4v) is 2.49. The van der Waals surface area contributed by atoms with Crippen LogP contribution in [-0.2, 0) is 0 Å². The maximum atomic E-state index is 13.3. The van der Waals surface area contributed by atoms with E-state index in [0.717, 1.165) is 18.6 Å². The zero-order valence-corrected chi connectivity index (χ0v) is 12.1. The van der Waals surface area contributed by atoms with Crippen molar-refractivity contribution in [2.45, 2.75) is 20.3 Å². The molecule has 1 atom stereocenters. The Morgan fingerprint density at radius 2 is 2.14 bits per heavy atom. The average Bonchev–Trinajstić information content (AvgIpc) is 2.90. The normalized spacial score (nSPS) is 18.1. The molecule has 2 rings (SSSR count). The van der Waals surface area contributed by atoms with Gasteiger partial charge in [-0.05, 0) is 36.5 Å². The van der Waals surface area contributed by atoms with E-state index in [9.17, 15) is 14.0 Å². The first kappa shape index (κ1) is 15.3. The van der Waals surface area contributed by atoms with Crippen LogP contribution in [0.15, 0.2) is 18.2 Å². The summed E-state index contributed by atoms with van der Waals surface area (Å²) >= 11 is 0. The number of nitrogens with one attached hydrogen (secondary N) is 1. The molecule has 0 spiro atoms. The molecule has 21 heavy (non-hydrogen) atoms. The maximum Gasteiger partial charge on any atom is 0.338 e. The van der Waals surface area contributed by atoms with Gasteiger partial charge in [0.05, 0.1) is 5.56 Å². The van der Waals surface area contributed by atoms with Crippen LogP contribution in [0.1, 0.15) is 30.6 Å². The van der Waals surface area contributed by atoms with E-state index in [0.29, 0.717) is 24.9 Å². The number of carboxylic acid groups (broad SMARTS) is 1. The minimum atomic E-state index is -1.36. The number of anilines is 1. The lowest BCUT2D eigenvalue weighted by atomic mass is 9.95. The van der Waals surface area contributed by atoms with Crippen molar-refractivity contribution in [1.82, 2.24) is 4.90 Å². The summed E-state index contributed by atoms with van der Waals surface area (Å²) in [4.78, 5) is 24.7. The first-order chi connectivity index (χ1) is 9.88. The number of hydrogen-bond acceptors (Lipinski definition) is 2. The number of halogens is 1. The van der Waals surface area contributed by atoms with Crippen molar-refractivity contribution in [1.29, 1.82) is 0 Å². The number of aromatic carboxylic acids is 1. The van der Waals surface area contributed by atoms with Crippen molar-refractivity contribution in [3.8, 4) is 0 Å². The third-order valence-electron chi connectivity index (χ3n) is 3.90. The number of nitrogens with zero attached hydrogens (tertiary/aromatic N) is 1. The van der Waals surface area contributed by atoms with Crippen LogP contribution >= 0.6 is 0 Å². The number of hydrogen-bond donors (Lipinski definition) is 2. The van der Waals surface area contributed by atoms with Gasteiger partial charge in [-0.1, -0.05) is 13.8 Å². The summed E-state index contributed by atoms with van der Waals surface area (Å²) < 4.78 is 13.3.